The van der Waals surface area contributed by atoms with Crippen LogP contribution in [0.4, 0.5) is 0 Å². The van der Waals surface area contributed by atoms with Crippen molar-refractivity contribution in [2.24, 2.45) is 4.99 Å². The van der Waals surface area contributed by atoms with Crippen LogP contribution in [0, 0.1) is 0 Å². The van der Waals surface area contributed by atoms with Crippen molar-refractivity contribution in [3.63, 3.8) is 0 Å². The molecule has 2 aromatic rings. The Morgan fingerprint density at radius 1 is 0.889 bits per heavy atom. The number of guanidine groups is 1. The number of methoxy groups -OCH3 is 3. The Hall–Kier alpha value is -2.89. The van der Waals surface area contributed by atoms with E-state index in [-0.39, 0.29) is 0 Å². The number of hydrogen-bond donors (Lipinski definition) is 2. The molecule has 0 aliphatic carbocycles. The summed E-state index contributed by atoms with van der Waals surface area (Å²) in [6, 6.07) is 14.3. The molecule has 0 fully saturated rings. The predicted molar refractivity (Wildman–Crippen MR) is 109 cm³/mol. The third kappa shape index (κ3) is 5.81. The maximum atomic E-state index is 5.52. The molecule has 27 heavy (non-hydrogen) atoms. The Morgan fingerprint density at radius 2 is 1.63 bits per heavy atom. The lowest BCUT2D eigenvalue weighted by Gasteiger charge is -2.17. The van der Waals surface area contributed by atoms with Gasteiger partial charge in [-0.1, -0.05) is 30.3 Å². The summed E-state index contributed by atoms with van der Waals surface area (Å²) >= 11 is 0. The first-order valence-electron chi connectivity index (χ1n) is 8.99. The van der Waals surface area contributed by atoms with E-state index < -0.39 is 0 Å². The molecule has 0 unspecified atom stereocenters. The summed E-state index contributed by atoms with van der Waals surface area (Å²) in [7, 11) is 6.59. The second-order valence-corrected chi connectivity index (χ2v) is 5.94. The normalized spacial score (nSPS) is 11.0. The van der Waals surface area contributed by atoms with Gasteiger partial charge in [-0.25, -0.2) is 0 Å². The van der Waals surface area contributed by atoms with Crippen molar-refractivity contribution < 1.29 is 14.2 Å². The summed E-state index contributed by atoms with van der Waals surface area (Å²) in [4.78, 5) is 4.28. The fourth-order valence-electron chi connectivity index (χ4n) is 2.85. The molecular weight excluding hydrogens is 342 g/mol. The number of hydrogen-bond acceptors (Lipinski definition) is 4. The van der Waals surface area contributed by atoms with E-state index in [9.17, 15) is 0 Å². The minimum Gasteiger partial charge on any atom is -0.493 e. The Labute approximate surface area is 161 Å². The lowest BCUT2D eigenvalue weighted by atomic mass is 10.1. The van der Waals surface area contributed by atoms with E-state index in [0.29, 0.717) is 23.8 Å². The van der Waals surface area contributed by atoms with Crippen LogP contribution in [0.3, 0.4) is 0 Å². The number of ether oxygens (including phenoxy) is 3. The number of aryl methyl sites for hydroxylation is 1. The third-order valence-corrected chi connectivity index (χ3v) is 4.23. The number of rotatable bonds is 9. The van der Waals surface area contributed by atoms with Crippen LogP contribution in [0.5, 0.6) is 17.2 Å². The monoisotopic (exact) mass is 371 g/mol. The van der Waals surface area contributed by atoms with Crippen LogP contribution in [0.25, 0.3) is 0 Å². The van der Waals surface area contributed by atoms with Crippen LogP contribution >= 0.6 is 0 Å². The van der Waals surface area contributed by atoms with Gasteiger partial charge in [-0.15, -0.1) is 0 Å². The van der Waals surface area contributed by atoms with Crippen molar-refractivity contribution in [1.29, 1.82) is 0 Å². The van der Waals surface area contributed by atoms with E-state index in [1.165, 1.54) is 5.56 Å². The molecule has 0 heterocycles. The fourth-order valence-corrected chi connectivity index (χ4v) is 2.85. The van der Waals surface area contributed by atoms with Gasteiger partial charge in [-0.2, -0.15) is 0 Å². The van der Waals surface area contributed by atoms with Crippen molar-refractivity contribution in [3.8, 4) is 17.2 Å². The lowest BCUT2D eigenvalue weighted by Crippen LogP contribution is -2.37. The van der Waals surface area contributed by atoms with E-state index in [4.69, 9.17) is 14.2 Å². The van der Waals surface area contributed by atoms with Crippen LogP contribution in [0.2, 0.25) is 0 Å². The topological polar surface area (TPSA) is 64.1 Å². The number of nitrogens with zero attached hydrogens (tertiary/aromatic N) is 1. The summed E-state index contributed by atoms with van der Waals surface area (Å²) < 4.78 is 16.3. The predicted octanol–water partition coefficient (Wildman–Crippen LogP) is 3.01. The molecule has 146 valence electrons. The molecule has 0 atom stereocenters. The van der Waals surface area contributed by atoms with Crippen molar-refractivity contribution in [3.05, 3.63) is 53.6 Å². The molecule has 2 aromatic carbocycles. The summed E-state index contributed by atoms with van der Waals surface area (Å²) in [5, 5.41) is 6.65. The van der Waals surface area contributed by atoms with Gasteiger partial charge in [0.1, 0.15) is 0 Å². The van der Waals surface area contributed by atoms with Gasteiger partial charge in [-0.3, -0.25) is 4.99 Å². The van der Waals surface area contributed by atoms with Gasteiger partial charge < -0.3 is 24.8 Å². The molecular formula is C21H29N3O3. The first kappa shape index (κ1) is 20.4. The maximum Gasteiger partial charge on any atom is 0.203 e. The summed E-state index contributed by atoms with van der Waals surface area (Å²) in [5.74, 6) is 2.63. The molecule has 2 N–H and O–H groups in total. The van der Waals surface area contributed by atoms with E-state index in [1.807, 2.05) is 18.2 Å². The average Bonchev–Trinajstić information content (AvgIpc) is 2.73. The number of benzene rings is 2. The average molecular weight is 371 g/mol. The maximum absolute atomic E-state index is 5.52. The Kier molecular flexibility index (Phi) is 8.29. The van der Waals surface area contributed by atoms with Crippen LogP contribution in [-0.2, 0) is 13.0 Å². The molecule has 0 spiro atoms. The Morgan fingerprint density at radius 3 is 2.26 bits per heavy atom. The third-order valence-electron chi connectivity index (χ3n) is 4.23. The Bertz CT molecular complexity index is 733. The summed E-state index contributed by atoms with van der Waals surface area (Å²) in [6.45, 7) is 1.40. The standard InChI is InChI=1S/C21H29N3O3/c1-22-21(23-14-8-11-16-9-6-5-7-10-16)24-15-17-12-13-18(25-2)20(27-4)19(17)26-3/h5-7,9-10,12-13H,8,11,14-15H2,1-4H3,(H2,22,23,24). The Balaban J connectivity index is 1.88. The summed E-state index contributed by atoms with van der Waals surface area (Å²) in [6.07, 6.45) is 2.07. The summed E-state index contributed by atoms with van der Waals surface area (Å²) in [5.41, 5.74) is 2.31. The molecule has 6 nitrogen and oxygen atoms in total. The van der Waals surface area contributed by atoms with E-state index in [2.05, 4.69) is 39.9 Å². The van der Waals surface area contributed by atoms with Crippen molar-refractivity contribution in [1.82, 2.24) is 10.6 Å². The largest absolute Gasteiger partial charge is 0.493 e. The molecule has 0 radical (unpaired) electrons. The van der Waals surface area contributed by atoms with Crippen LogP contribution in [-0.4, -0.2) is 40.9 Å². The second-order valence-electron chi connectivity index (χ2n) is 5.94. The van der Waals surface area contributed by atoms with Crippen molar-refractivity contribution in [2.45, 2.75) is 19.4 Å². The van der Waals surface area contributed by atoms with Gasteiger partial charge >= 0.3 is 0 Å². The van der Waals surface area contributed by atoms with E-state index >= 15 is 0 Å². The molecule has 0 saturated carbocycles. The molecule has 0 bridgehead atoms. The smallest absolute Gasteiger partial charge is 0.203 e. The van der Waals surface area contributed by atoms with E-state index in [0.717, 1.165) is 30.9 Å². The van der Waals surface area contributed by atoms with Gasteiger partial charge in [0.2, 0.25) is 5.75 Å². The van der Waals surface area contributed by atoms with Crippen molar-refractivity contribution >= 4 is 5.96 Å². The lowest BCUT2D eigenvalue weighted by molar-refractivity contribution is 0.322. The zero-order chi connectivity index (χ0) is 19.5. The SMILES string of the molecule is CN=C(NCCCc1ccccc1)NCc1ccc(OC)c(OC)c1OC. The van der Waals surface area contributed by atoms with Gasteiger partial charge in [-0.05, 0) is 30.5 Å². The van der Waals surface area contributed by atoms with Crippen LogP contribution in [0.15, 0.2) is 47.5 Å². The highest BCUT2D eigenvalue weighted by Crippen LogP contribution is 2.39. The zero-order valence-corrected chi connectivity index (χ0v) is 16.5. The molecule has 0 amide bonds. The molecule has 6 heteroatoms. The van der Waals surface area contributed by atoms with E-state index in [1.54, 1.807) is 28.4 Å². The minimum absolute atomic E-state index is 0.557. The zero-order valence-electron chi connectivity index (χ0n) is 16.5. The van der Waals surface area contributed by atoms with Gasteiger partial charge in [0.05, 0.1) is 21.3 Å². The first-order valence-corrected chi connectivity index (χ1v) is 8.99. The number of aliphatic imine (C=N–C) groups is 1. The highest BCUT2D eigenvalue weighted by Gasteiger charge is 2.15. The highest BCUT2D eigenvalue weighted by atomic mass is 16.5. The minimum atomic E-state index is 0.557. The van der Waals surface area contributed by atoms with Crippen LogP contribution in [0.1, 0.15) is 17.5 Å². The number of nitrogens with one attached hydrogen (secondary N) is 2. The second kappa shape index (κ2) is 11.0. The quantitative estimate of drug-likeness (QED) is 0.403. The molecule has 0 aromatic heterocycles. The molecule has 2 rings (SSSR count). The first-order chi connectivity index (χ1) is 13.2. The van der Waals surface area contributed by atoms with Crippen LogP contribution < -0.4 is 24.8 Å². The highest BCUT2D eigenvalue weighted by molar-refractivity contribution is 5.79. The van der Waals surface area contributed by atoms with Gasteiger partial charge in [0.15, 0.2) is 17.5 Å². The van der Waals surface area contributed by atoms with Gasteiger partial charge in [0.25, 0.3) is 0 Å². The fraction of sp³-hybridized carbons (Fsp3) is 0.381. The van der Waals surface area contributed by atoms with Crippen molar-refractivity contribution in [2.75, 3.05) is 34.9 Å². The molecule has 0 saturated heterocycles. The molecule has 0 aliphatic rings. The van der Waals surface area contributed by atoms with Gasteiger partial charge in [0, 0.05) is 25.7 Å². The molecule has 0 aliphatic heterocycles.